The second-order valence-corrected chi connectivity index (χ2v) is 7.59. The quantitative estimate of drug-likeness (QED) is 0.835. The Morgan fingerprint density at radius 3 is 2.90 bits per heavy atom. The van der Waals surface area contributed by atoms with Gasteiger partial charge in [0.25, 0.3) is 0 Å². The summed E-state index contributed by atoms with van der Waals surface area (Å²) < 4.78 is 2.14. The van der Waals surface area contributed by atoms with Gasteiger partial charge in [-0.2, -0.15) is 0 Å². The van der Waals surface area contributed by atoms with Gasteiger partial charge in [0.15, 0.2) is 0 Å². The molecule has 0 saturated carbocycles. The van der Waals surface area contributed by atoms with Crippen LogP contribution in [0, 0.1) is 0 Å². The normalized spacial score (nSPS) is 27.9. The van der Waals surface area contributed by atoms with Crippen molar-refractivity contribution < 1.29 is 0 Å². The first-order valence-corrected chi connectivity index (χ1v) is 9.10. The number of pyridine rings is 1. The van der Waals surface area contributed by atoms with Crippen molar-refractivity contribution in [3.63, 3.8) is 0 Å². The van der Waals surface area contributed by atoms with E-state index >= 15 is 0 Å². The van der Waals surface area contributed by atoms with E-state index in [1.165, 1.54) is 45.2 Å². The first-order chi connectivity index (χ1) is 9.74. The molecule has 2 aliphatic rings. The lowest BCUT2D eigenvalue weighted by atomic mass is 9.94. The van der Waals surface area contributed by atoms with E-state index in [1.807, 2.05) is 6.20 Å². The minimum absolute atomic E-state index is 0.684. The summed E-state index contributed by atoms with van der Waals surface area (Å²) in [4.78, 5) is 7.21. The Bertz CT molecular complexity index is 460. The maximum atomic E-state index is 4.58. The standard InChI is InChI=1S/C15H21Br2N3/c16-11-8-12(17)14(19-9-11)10-20-7-2-1-5-15(20)13-4-3-6-18-13/h8-9,13,15,18H,1-7,10H2. The lowest BCUT2D eigenvalue weighted by Crippen LogP contribution is -2.49. The van der Waals surface area contributed by atoms with Crippen molar-refractivity contribution in [2.45, 2.75) is 50.7 Å². The molecule has 0 amide bonds. The van der Waals surface area contributed by atoms with Crippen LogP contribution in [-0.4, -0.2) is 35.1 Å². The van der Waals surface area contributed by atoms with Crippen LogP contribution in [0.4, 0.5) is 0 Å². The summed E-state index contributed by atoms with van der Waals surface area (Å²) in [5.74, 6) is 0. The van der Waals surface area contributed by atoms with Crippen LogP contribution < -0.4 is 5.32 Å². The first kappa shape index (κ1) is 14.9. The van der Waals surface area contributed by atoms with Gasteiger partial charge in [-0.1, -0.05) is 6.42 Å². The van der Waals surface area contributed by atoms with E-state index in [2.05, 4.69) is 53.1 Å². The average Bonchev–Trinajstić information content (AvgIpc) is 2.96. The molecule has 3 heterocycles. The molecule has 1 aromatic heterocycles. The summed E-state index contributed by atoms with van der Waals surface area (Å²) in [6.07, 6.45) is 8.57. The van der Waals surface area contributed by atoms with Crippen LogP contribution in [0.2, 0.25) is 0 Å². The molecule has 2 aliphatic heterocycles. The third-order valence-corrected chi connectivity index (χ3v) is 5.58. The van der Waals surface area contributed by atoms with Gasteiger partial charge >= 0.3 is 0 Å². The fourth-order valence-corrected chi connectivity index (χ4v) is 4.57. The number of halogens is 2. The van der Waals surface area contributed by atoms with Gasteiger partial charge in [0.2, 0.25) is 0 Å². The van der Waals surface area contributed by atoms with Gasteiger partial charge in [-0.3, -0.25) is 9.88 Å². The molecule has 0 aliphatic carbocycles. The van der Waals surface area contributed by atoms with Crippen LogP contribution in [0.15, 0.2) is 21.2 Å². The van der Waals surface area contributed by atoms with Crippen molar-refractivity contribution >= 4 is 31.9 Å². The summed E-state index contributed by atoms with van der Waals surface area (Å²) in [5, 5.41) is 3.68. The molecule has 20 heavy (non-hydrogen) atoms. The highest BCUT2D eigenvalue weighted by Crippen LogP contribution is 2.27. The zero-order chi connectivity index (χ0) is 13.9. The number of hydrogen-bond donors (Lipinski definition) is 1. The topological polar surface area (TPSA) is 28.2 Å². The fraction of sp³-hybridized carbons (Fsp3) is 0.667. The van der Waals surface area contributed by atoms with E-state index in [1.54, 1.807) is 0 Å². The van der Waals surface area contributed by atoms with Crippen LogP contribution in [0.3, 0.4) is 0 Å². The van der Waals surface area contributed by atoms with E-state index in [9.17, 15) is 0 Å². The molecule has 2 saturated heterocycles. The van der Waals surface area contributed by atoms with Crippen molar-refractivity contribution in [3.05, 3.63) is 26.9 Å². The van der Waals surface area contributed by atoms with E-state index in [0.29, 0.717) is 12.1 Å². The highest BCUT2D eigenvalue weighted by Gasteiger charge is 2.31. The molecule has 0 spiro atoms. The second-order valence-electron chi connectivity index (χ2n) is 5.82. The number of likely N-dealkylation sites (tertiary alicyclic amines) is 1. The molecule has 0 bridgehead atoms. The average molecular weight is 403 g/mol. The Morgan fingerprint density at radius 1 is 1.25 bits per heavy atom. The molecule has 5 heteroatoms. The third-order valence-electron chi connectivity index (χ3n) is 4.46. The SMILES string of the molecule is Brc1cnc(CN2CCCCC2C2CCCN2)c(Br)c1. The minimum atomic E-state index is 0.684. The Kier molecular flexibility index (Phi) is 5.13. The maximum absolute atomic E-state index is 4.58. The van der Waals surface area contributed by atoms with Gasteiger partial charge in [-0.25, -0.2) is 0 Å². The zero-order valence-electron chi connectivity index (χ0n) is 11.6. The highest BCUT2D eigenvalue weighted by atomic mass is 79.9. The predicted octanol–water partition coefficient (Wildman–Crippen LogP) is 3.71. The van der Waals surface area contributed by atoms with Crippen molar-refractivity contribution in [2.75, 3.05) is 13.1 Å². The number of nitrogens with one attached hydrogen (secondary N) is 1. The van der Waals surface area contributed by atoms with Gasteiger partial charge < -0.3 is 5.32 Å². The van der Waals surface area contributed by atoms with Gasteiger partial charge in [-0.15, -0.1) is 0 Å². The van der Waals surface area contributed by atoms with Gasteiger partial charge in [0.05, 0.1) is 5.69 Å². The molecule has 0 radical (unpaired) electrons. The molecule has 3 nitrogen and oxygen atoms in total. The largest absolute Gasteiger partial charge is 0.312 e. The van der Waals surface area contributed by atoms with E-state index in [-0.39, 0.29) is 0 Å². The lowest BCUT2D eigenvalue weighted by Gasteiger charge is -2.39. The van der Waals surface area contributed by atoms with Crippen molar-refractivity contribution in [3.8, 4) is 0 Å². The van der Waals surface area contributed by atoms with Crippen molar-refractivity contribution in [1.82, 2.24) is 15.2 Å². The van der Waals surface area contributed by atoms with Gasteiger partial charge in [-0.05, 0) is 76.7 Å². The number of nitrogens with zero attached hydrogens (tertiary/aromatic N) is 2. The molecular weight excluding hydrogens is 382 g/mol. The van der Waals surface area contributed by atoms with Crippen LogP contribution in [0.25, 0.3) is 0 Å². The molecular formula is C15H21Br2N3. The Hall–Kier alpha value is 0.0300. The Labute approximate surface area is 137 Å². The molecule has 3 rings (SSSR count). The predicted molar refractivity (Wildman–Crippen MR) is 88.7 cm³/mol. The summed E-state index contributed by atoms with van der Waals surface area (Å²) in [6, 6.07) is 3.46. The van der Waals surface area contributed by atoms with Gasteiger partial charge in [0, 0.05) is 33.8 Å². The van der Waals surface area contributed by atoms with Crippen LogP contribution in [0.5, 0.6) is 0 Å². The Balaban J connectivity index is 1.72. The van der Waals surface area contributed by atoms with E-state index in [0.717, 1.165) is 21.2 Å². The van der Waals surface area contributed by atoms with Crippen molar-refractivity contribution in [2.24, 2.45) is 0 Å². The lowest BCUT2D eigenvalue weighted by molar-refractivity contribution is 0.111. The summed E-state index contributed by atoms with van der Waals surface area (Å²) in [5.41, 5.74) is 1.15. The zero-order valence-corrected chi connectivity index (χ0v) is 14.8. The molecule has 1 aromatic rings. The number of aromatic nitrogens is 1. The number of rotatable bonds is 3. The number of hydrogen-bond acceptors (Lipinski definition) is 3. The van der Waals surface area contributed by atoms with E-state index in [4.69, 9.17) is 0 Å². The molecule has 110 valence electrons. The maximum Gasteiger partial charge on any atom is 0.0686 e. The van der Waals surface area contributed by atoms with E-state index < -0.39 is 0 Å². The third kappa shape index (κ3) is 3.43. The molecule has 1 N–H and O–H groups in total. The van der Waals surface area contributed by atoms with Crippen molar-refractivity contribution in [1.29, 1.82) is 0 Å². The molecule has 0 aromatic carbocycles. The number of piperidine rings is 1. The fourth-order valence-electron chi connectivity index (χ4n) is 3.46. The molecule has 2 atom stereocenters. The smallest absolute Gasteiger partial charge is 0.0686 e. The van der Waals surface area contributed by atoms with Gasteiger partial charge in [0.1, 0.15) is 0 Å². The summed E-state index contributed by atoms with van der Waals surface area (Å²) in [7, 11) is 0. The van der Waals surface area contributed by atoms with Crippen LogP contribution in [-0.2, 0) is 6.54 Å². The minimum Gasteiger partial charge on any atom is -0.312 e. The molecule has 2 fully saturated rings. The first-order valence-electron chi connectivity index (χ1n) is 7.51. The summed E-state index contributed by atoms with van der Waals surface area (Å²) >= 11 is 7.11. The highest BCUT2D eigenvalue weighted by molar-refractivity contribution is 9.11. The second kappa shape index (κ2) is 6.86. The monoisotopic (exact) mass is 401 g/mol. The summed E-state index contributed by atoms with van der Waals surface area (Å²) in [6.45, 7) is 3.35. The van der Waals surface area contributed by atoms with Crippen LogP contribution in [0.1, 0.15) is 37.8 Å². The Morgan fingerprint density at radius 2 is 2.15 bits per heavy atom. The van der Waals surface area contributed by atoms with Crippen LogP contribution >= 0.6 is 31.9 Å². The molecule has 2 unspecified atom stereocenters.